The van der Waals surface area contributed by atoms with Crippen molar-refractivity contribution in [3.8, 4) is 0 Å². The van der Waals surface area contributed by atoms with Crippen molar-refractivity contribution in [3.63, 3.8) is 0 Å². The van der Waals surface area contributed by atoms with E-state index in [0.29, 0.717) is 0 Å². The Bertz CT molecular complexity index is 153. The molecule has 0 heterocycles. The first-order valence-electron chi connectivity index (χ1n) is 4.71. The number of carbonyl (C=O) groups is 1. The lowest BCUT2D eigenvalue weighted by atomic mass is 10.2. The molecule has 0 aromatic rings. The van der Waals surface area contributed by atoms with Gasteiger partial charge in [0.2, 0.25) is 0 Å². The van der Waals surface area contributed by atoms with Crippen LogP contribution in [-0.2, 0) is 4.79 Å². The Kier molecular flexibility index (Phi) is 7.09. The summed E-state index contributed by atoms with van der Waals surface area (Å²) >= 11 is 1.46. The topological polar surface area (TPSA) is 63.3 Å². The van der Waals surface area contributed by atoms with E-state index in [1.165, 1.54) is 11.8 Å². The molecule has 0 radical (unpaired) electrons. The maximum Gasteiger partial charge on any atom is 0.316 e. The Labute approximate surface area is 84.1 Å². The molecule has 0 saturated heterocycles. The van der Waals surface area contributed by atoms with Crippen LogP contribution in [0.25, 0.3) is 0 Å². The fourth-order valence-electron chi connectivity index (χ4n) is 0.898. The molecule has 0 aliphatic carbocycles. The minimum atomic E-state index is -0.713. The number of rotatable bonds is 7. The number of aliphatic carboxylic acids is 1. The smallest absolute Gasteiger partial charge is 0.316 e. The zero-order valence-electron chi connectivity index (χ0n) is 8.32. The van der Waals surface area contributed by atoms with E-state index in [9.17, 15) is 4.79 Å². The van der Waals surface area contributed by atoms with Gasteiger partial charge in [0.15, 0.2) is 0 Å². The van der Waals surface area contributed by atoms with Crippen LogP contribution in [0.2, 0.25) is 0 Å². The van der Waals surface area contributed by atoms with Gasteiger partial charge in [0.1, 0.15) is 5.25 Å². The number of thioether (sulfide) groups is 1. The summed E-state index contributed by atoms with van der Waals surface area (Å²) in [6.45, 7) is 4.01. The Morgan fingerprint density at radius 1 is 1.54 bits per heavy atom. The van der Waals surface area contributed by atoms with Gasteiger partial charge in [0.05, 0.1) is 0 Å². The second kappa shape index (κ2) is 7.21. The molecule has 2 unspecified atom stereocenters. The third-order valence-electron chi connectivity index (χ3n) is 1.86. The van der Waals surface area contributed by atoms with Gasteiger partial charge < -0.3 is 10.8 Å². The van der Waals surface area contributed by atoms with Crippen LogP contribution >= 0.6 is 11.8 Å². The molecular formula is C9H19NO2S. The summed E-state index contributed by atoms with van der Waals surface area (Å²) in [5.74, 6) is 0.0307. The van der Waals surface area contributed by atoms with Crippen LogP contribution in [0.1, 0.15) is 33.1 Å². The van der Waals surface area contributed by atoms with E-state index in [1.54, 1.807) is 0 Å². The van der Waals surface area contributed by atoms with Gasteiger partial charge in [-0.05, 0) is 12.8 Å². The van der Waals surface area contributed by atoms with Crippen molar-refractivity contribution >= 4 is 17.7 Å². The molecule has 2 atom stereocenters. The van der Waals surface area contributed by atoms with E-state index in [4.69, 9.17) is 10.8 Å². The van der Waals surface area contributed by atoms with Crippen molar-refractivity contribution in [1.29, 1.82) is 0 Å². The molecule has 0 bridgehead atoms. The first-order chi connectivity index (χ1) is 6.11. The van der Waals surface area contributed by atoms with Gasteiger partial charge >= 0.3 is 5.97 Å². The van der Waals surface area contributed by atoms with Crippen LogP contribution in [0.5, 0.6) is 0 Å². The van der Waals surface area contributed by atoms with Gasteiger partial charge in [-0.25, -0.2) is 0 Å². The van der Waals surface area contributed by atoms with E-state index in [0.717, 1.165) is 25.0 Å². The van der Waals surface area contributed by atoms with Gasteiger partial charge in [0, 0.05) is 11.8 Å². The summed E-state index contributed by atoms with van der Waals surface area (Å²) in [6, 6.07) is 0.128. The molecule has 0 aromatic heterocycles. The molecular weight excluding hydrogens is 186 g/mol. The van der Waals surface area contributed by atoms with E-state index in [1.807, 2.05) is 13.8 Å². The molecule has 0 fully saturated rings. The first kappa shape index (κ1) is 12.8. The molecule has 0 aromatic carbocycles. The number of hydrogen-bond acceptors (Lipinski definition) is 3. The van der Waals surface area contributed by atoms with Crippen molar-refractivity contribution in [2.24, 2.45) is 5.73 Å². The van der Waals surface area contributed by atoms with Crippen molar-refractivity contribution in [2.75, 3.05) is 5.75 Å². The largest absolute Gasteiger partial charge is 0.480 e. The van der Waals surface area contributed by atoms with Crippen molar-refractivity contribution in [2.45, 2.75) is 44.4 Å². The monoisotopic (exact) mass is 205 g/mol. The molecule has 0 rings (SSSR count). The standard InChI is InChI=1S/C9H19NO2S/c1-3-5-8(9(11)12)13-6-7(10)4-2/h7-8H,3-6,10H2,1-2H3,(H,11,12). The molecule has 0 amide bonds. The highest BCUT2D eigenvalue weighted by Crippen LogP contribution is 2.17. The summed E-state index contributed by atoms with van der Waals surface area (Å²) in [5.41, 5.74) is 5.70. The predicted molar refractivity (Wildman–Crippen MR) is 57.1 cm³/mol. The summed E-state index contributed by atoms with van der Waals surface area (Å²) in [7, 11) is 0. The minimum Gasteiger partial charge on any atom is -0.480 e. The molecule has 0 spiro atoms. The summed E-state index contributed by atoms with van der Waals surface area (Å²) in [4.78, 5) is 10.7. The Morgan fingerprint density at radius 3 is 2.54 bits per heavy atom. The zero-order valence-corrected chi connectivity index (χ0v) is 9.14. The SMILES string of the molecule is CCCC(SCC(N)CC)C(=O)O. The average Bonchev–Trinajstić information content (AvgIpc) is 2.11. The molecule has 3 N–H and O–H groups in total. The van der Waals surface area contributed by atoms with Crippen molar-refractivity contribution < 1.29 is 9.90 Å². The van der Waals surface area contributed by atoms with Crippen LogP contribution in [0.15, 0.2) is 0 Å². The average molecular weight is 205 g/mol. The zero-order chi connectivity index (χ0) is 10.3. The van der Waals surface area contributed by atoms with E-state index >= 15 is 0 Å². The normalized spacial score (nSPS) is 15.3. The Hall–Kier alpha value is -0.220. The van der Waals surface area contributed by atoms with Crippen LogP contribution in [0.4, 0.5) is 0 Å². The maximum atomic E-state index is 10.7. The molecule has 0 aliphatic heterocycles. The van der Waals surface area contributed by atoms with Crippen LogP contribution in [0.3, 0.4) is 0 Å². The highest BCUT2D eigenvalue weighted by Gasteiger charge is 2.17. The van der Waals surface area contributed by atoms with E-state index < -0.39 is 5.97 Å². The Morgan fingerprint density at radius 2 is 2.15 bits per heavy atom. The number of nitrogens with two attached hydrogens (primary N) is 1. The number of carboxylic acid groups (broad SMARTS) is 1. The molecule has 3 nitrogen and oxygen atoms in total. The van der Waals surface area contributed by atoms with Gasteiger partial charge in [0.25, 0.3) is 0 Å². The van der Waals surface area contributed by atoms with Crippen LogP contribution < -0.4 is 5.73 Å². The molecule has 0 aliphatic rings. The molecule has 0 saturated carbocycles. The molecule has 4 heteroatoms. The summed E-state index contributed by atoms with van der Waals surface area (Å²) < 4.78 is 0. The van der Waals surface area contributed by atoms with Crippen LogP contribution in [-0.4, -0.2) is 28.1 Å². The number of carboxylic acids is 1. The predicted octanol–water partition coefficient (Wildman–Crippen LogP) is 1.71. The lowest BCUT2D eigenvalue weighted by Gasteiger charge is -2.13. The van der Waals surface area contributed by atoms with E-state index in [2.05, 4.69) is 0 Å². The first-order valence-corrected chi connectivity index (χ1v) is 5.76. The summed E-state index contributed by atoms with van der Waals surface area (Å²) in [6.07, 6.45) is 2.55. The number of hydrogen-bond donors (Lipinski definition) is 2. The quantitative estimate of drug-likeness (QED) is 0.664. The fraction of sp³-hybridized carbons (Fsp3) is 0.889. The van der Waals surface area contributed by atoms with Crippen LogP contribution in [0, 0.1) is 0 Å². The second-order valence-electron chi connectivity index (χ2n) is 3.12. The second-order valence-corrected chi connectivity index (χ2v) is 4.35. The van der Waals surface area contributed by atoms with Gasteiger partial charge in [-0.1, -0.05) is 20.3 Å². The Balaban J connectivity index is 3.75. The fourth-order valence-corrected chi connectivity index (χ4v) is 2.16. The maximum absolute atomic E-state index is 10.7. The highest BCUT2D eigenvalue weighted by atomic mass is 32.2. The highest BCUT2D eigenvalue weighted by molar-refractivity contribution is 8.00. The van der Waals surface area contributed by atoms with Gasteiger partial charge in [-0.3, -0.25) is 4.79 Å². The minimum absolute atomic E-state index is 0.128. The van der Waals surface area contributed by atoms with Crippen molar-refractivity contribution in [1.82, 2.24) is 0 Å². The van der Waals surface area contributed by atoms with Gasteiger partial charge in [-0.15, -0.1) is 11.8 Å². The lowest BCUT2D eigenvalue weighted by Crippen LogP contribution is -2.25. The van der Waals surface area contributed by atoms with Crippen molar-refractivity contribution in [3.05, 3.63) is 0 Å². The van der Waals surface area contributed by atoms with Gasteiger partial charge in [-0.2, -0.15) is 0 Å². The molecule has 13 heavy (non-hydrogen) atoms. The molecule has 78 valence electrons. The third kappa shape index (κ3) is 5.93. The summed E-state index contributed by atoms with van der Waals surface area (Å²) in [5, 5.41) is 8.55. The third-order valence-corrected chi connectivity index (χ3v) is 3.32. The van der Waals surface area contributed by atoms with E-state index in [-0.39, 0.29) is 11.3 Å². The lowest BCUT2D eigenvalue weighted by molar-refractivity contribution is -0.136.